The Morgan fingerprint density at radius 3 is 2.38 bits per heavy atom. The van der Waals surface area contributed by atoms with Gasteiger partial charge in [0.05, 0.1) is 22.5 Å². The number of nitrogens with zero attached hydrogens (tertiary/aromatic N) is 4. The lowest BCUT2D eigenvalue weighted by Gasteiger charge is -2.13. The van der Waals surface area contributed by atoms with Gasteiger partial charge in [0.25, 0.3) is 0 Å². The smallest absolute Gasteiger partial charge is 0.102 e. The number of benzene rings is 2. The molecule has 0 aliphatic heterocycles. The first kappa shape index (κ1) is 15.7. The highest BCUT2D eigenvalue weighted by atomic mass is 14.7. The number of nitriles is 2. The van der Waals surface area contributed by atoms with Gasteiger partial charge in [0.15, 0.2) is 0 Å². The summed E-state index contributed by atoms with van der Waals surface area (Å²) in [4.78, 5) is 8.96. The van der Waals surface area contributed by atoms with Gasteiger partial charge in [-0.2, -0.15) is 10.5 Å². The molecule has 0 bridgehead atoms. The summed E-state index contributed by atoms with van der Waals surface area (Å²) in [5, 5.41) is 22.5. The second-order valence-electron chi connectivity index (χ2n) is 6.04. The van der Waals surface area contributed by atoms with Gasteiger partial charge in [0.2, 0.25) is 0 Å². The van der Waals surface area contributed by atoms with E-state index in [4.69, 9.17) is 0 Å². The van der Waals surface area contributed by atoms with Crippen molar-refractivity contribution in [1.82, 2.24) is 9.97 Å². The van der Waals surface area contributed by atoms with E-state index in [1.807, 2.05) is 49.4 Å². The molecule has 0 aliphatic rings. The Balaban J connectivity index is 2.20. The third kappa shape index (κ3) is 2.21. The summed E-state index contributed by atoms with van der Waals surface area (Å²) in [6.45, 7) is 5.84. The number of hydrogen-bond acceptors (Lipinski definition) is 4. The van der Waals surface area contributed by atoms with Crippen LogP contribution < -0.4 is 0 Å². The molecule has 4 rings (SSSR count). The first-order chi connectivity index (χ1) is 12.7. The fourth-order valence-corrected chi connectivity index (χ4v) is 3.40. The van der Waals surface area contributed by atoms with Crippen LogP contribution in [0.1, 0.15) is 22.5 Å². The van der Waals surface area contributed by atoms with Crippen molar-refractivity contribution in [1.29, 1.82) is 10.5 Å². The monoisotopic (exact) mass is 333 g/mol. The molecular weight excluding hydrogens is 320 g/mol. The molecule has 0 N–H and O–H groups in total. The number of rotatable bonds is 1. The van der Waals surface area contributed by atoms with Crippen LogP contribution in [0, 0.1) is 36.5 Å². The van der Waals surface area contributed by atoms with Crippen molar-refractivity contribution in [3.05, 3.63) is 78.1 Å². The SMILES string of the molecule is [CH2]c1nc(C)c2cccc(-c3ncc(C#N)c4ccccc34)c2c1C#N. The van der Waals surface area contributed by atoms with E-state index >= 15 is 0 Å². The molecule has 2 aromatic heterocycles. The van der Waals surface area contributed by atoms with Gasteiger partial charge in [-0.3, -0.25) is 9.97 Å². The van der Waals surface area contributed by atoms with Gasteiger partial charge >= 0.3 is 0 Å². The van der Waals surface area contributed by atoms with Gasteiger partial charge in [-0.1, -0.05) is 42.5 Å². The van der Waals surface area contributed by atoms with Gasteiger partial charge < -0.3 is 0 Å². The van der Waals surface area contributed by atoms with E-state index in [9.17, 15) is 10.5 Å². The molecule has 0 unspecified atom stereocenters. The molecular formula is C22H13N4. The molecule has 4 aromatic rings. The van der Waals surface area contributed by atoms with Crippen molar-refractivity contribution in [2.75, 3.05) is 0 Å². The number of pyridine rings is 2. The van der Waals surface area contributed by atoms with Crippen LogP contribution in [0.2, 0.25) is 0 Å². The molecule has 0 spiro atoms. The number of aryl methyl sites for hydroxylation is 1. The molecule has 0 fully saturated rings. The third-order valence-electron chi connectivity index (χ3n) is 4.58. The molecule has 0 saturated heterocycles. The van der Waals surface area contributed by atoms with Crippen molar-refractivity contribution in [2.45, 2.75) is 6.92 Å². The lowest BCUT2D eigenvalue weighted by Crippen LogP contribution is -1.98. The summed E-state index contributed by atoms with van der Waals surface area (Å²) in [7, 11) is 0. The van der Waals surface area contributed by atoms with E-state index in [-0.39, 0.29) is 0 Å². The Hall–Kier alpha value is -3.76. The maximum absolute atomic E-state index is 9.68. The Kier molecular flexibility index (Phi) is 3.60. The molecule has 2 aromatic carbocycles. The van der Waals surface area contributed by atoms with Crippen molar-refractivity contribution >= 4 is 21.5 Å². The third-order valence-corrected chi connectivity index (χ3v) is 4.58. The molecule has 26 heavy (non-hydrogen) atoms. The number of fused-ring (bicyclic) bond motifs is 2. The average molecular weight is 333 g/mol. The van der Waals surface area contributed by atoms with Crippen molar-refractivity contribution in [2.24, 2.45) is 0 Å². The van der Waals surface area contributed by atoms with Crippen LogP contribution in [0.15, 0.2) is 48.7 Å². The minimum Gasteiger partial charge on any atom is -0.256 e. The first-order valence-electron chi connectivity index (χ1n) is 8.09. The van der Waals surface area contributed by atoms with E-state index < -0.39 is 0 Å². The maximum Gasteiger partial charge on any atom is 0.102 e. The molecule has 0 aliphatic carbocycles. The van der Waals surface area contributed by atoms with E-state index in [1.54, 1.807) is 6.20 Å². The zero-order valence-corrected chi connectivity index (χ0v) is 14.1. The number of aromatic nitrogens is 2. The van der Waals surface area contributed by atoms with Crippen molar-refractivity contribution < 1.29 is 0 Å². The van der Waals surface area contributed by atoms with Gasteiger partial charge in [0, 0.05) is 39.0 Å². The van der Waals surface area contributed by atoms with E-state index in [0.717, 1.165) is 38.5 Å². The lowest BCUT2D eigenvalue weighted by atomic mass is 9.93. The summed E-state index contributed by atoms with van der Waals surface area (Å²) in [6, 6.07) is 17.9. The van der Waals surface area contributed by atoms with Crippen molar-refractivity contribution in [3.63, 3.8) is 0 Å². The highest BCUT2D eigenvalue weighted by molar-refractivity contribution is 6.07. The molecule has 4 nitrogen and oxygen atoms in total. The van der Waals surface area contributed by atoms with Crippen LogP contribution in [0.4, 0.5) is 0 Å². The fraction of sp³-hybridized carbons (Fsp3) is 0.0455. The molecule has 0 amide bonds. The van der Waals surface area contributed by atoms with Crippen LogP contribution in [0.25, 0.3) is 32.8 Å². The summed E-state index contributed by atoms with van der Waals surface area (Å²) in [5.74, 6) is 0. The van der Waals surface area contributed by atoms with Gasteiger partial charge in [0.1, 0.15) is 12.1 Å². The standard InChI is InChI=1S/C22H13N4/c1-13-16-8-5-9-19(21(16)20(11-24)14(2)26-13)22-18-7-4-3-6-17(18)15(10-23)12-25-22/h3-9,12H,2H2,1H3. The van der Waals surface area contributed by atoms with Crippen molar-refractivity contribution in [3.8, 4) is 23.4 Å². The zero-order valence-electron chi connectivity index (χ0n) is 14.1. The molecule has 4 heteroatoms. The van der Waals surface area contributed by atoms with Crippen LogP contribution in [-0.2, 0) is 0 Å². The normalized spacial score (nSPS) is 10.6. The van der Waals surface area contributed by atoms with Crippen LogP contribution in [0.5, 0.6) is 0 Å². The summed E-state index contributed by atoms with van der Waals surface area (Å²) in [6.07, 6.45) is 1.59. The predicted octanol–water partition coefficient (Wildman–Crippen LogP) is 4.68. The Labute approximate surface area is 151 Å². The maximum atomic E-state index is 9.68. The van der Waals surface area contributed by atoms with Gasteiger partial charge in [-0.15, -0.1) is 0 Å². The first-order valence-corrected chi connectivity index (χ1v) is 8.09. The quantitative estimate of drug-likeness (QED) is 0.507. The number of hydrogen-bond donors (Lipinski definition) is 0. The second kappa shape index (κ2) is 5.95. The highest BCUT2D eigenvalue weighted by Gasteiger charge is 2.17. The van der Waals surface area contributed by atoms with Gasteiger partial charge in [-0.05, 0) is 13.8 Å². The Bertz CT molecular complexity index is 1270. The molecule has 0 saturated carbocycles. The summed E-state index contributed by atoms with van der Waals surface area (Å²) in [5.41, 5.74) is 3.85. The second-order valence-corrected chi connectivity index (χ2v) is 6.04. The molecule has 121 valence electrons. The minimum absolute atomic E-state index is 0.455. The summed E-state index contributed by atoms with van der Waals surface area (Å²) < 4.78 is 0. The van der Waals surface area contributed by atoms with Crippen LogP contribution in [0.3, 0.4) is 0 Å². The van der Waals surface area contributed by atoms with E-state index in [2.05, 4.69) is 29.0 Å². The lowest BCUT2D eigenvalue weighted by molar-refractivity contribution is 1.18. The minimum atomic E-state index is 0.455. The largest absolute Gasteiger partial charge is 0.256 e. The highest BCUT2D eigenvalue weighted by Crippen LogP contribution is 2.36. The van der Waals surface area contributed by atoms with E-state index in [0.29, 0.717) is 16.8 Å². The summed E-state index contributed by atoms with van der Waals surface area (Å²) >= 11 is 0. The molecule has 1 radical (unpaired) electrons. The Morgan fingerprint density at radius 1 is 0.923 bits per heavy atom. The van der Waals surface area contributed by atoms with Crippen LogP contribution in [-0.4, -0.2) is 9.97 Å². The molecule has 2 heterocycles. The van der Waals surface area contributed by atoms with Gasteiger partial charge in [-0.25, -0.2) is 0 Å². The fourth-order valence-electron chi connectivity index (χ4n) is 3.40. The molecule has 0 atom stereocenters. The predicted molar refractivity (Wildman–Crippen MR) is 101 cm³/mol. The topological polar surface area (TPSA) is 73.4 Å². The zero-order chi connectivity index (χ0) is 18.3. The Morgan fingerprint density at radius 2 is 1.65 bits per heavy atom. The average Bonchev–Trinajstić information content (AvgIpc) is 2.67. The van der Waals surface area contributed by atoms with E-state index in [1.165, 1.54) is 0 Å². The van der Waals surface area contributed by atoms with Crippen LogP contribution >= 0.6 is 0 Å².